The molecule has 0 fully saturated rings. The number of hydrogen-bond acceptors (Lipinski definition) is 4. The molecule has 2 aromatic rings. The van der Waals surface area contributed by atoms with E-state index in [2.05, 4.69) is 50.2 Å². The Labute approximate surface area is 172 Å². The first kappa shape index (κ1) is 20.7. The molecule has 1 amide bonds. The summed E-state index contributed by atoms with van der Waals surface area (Å²) < 4.78 is 5.65. The van der Waals surface area contributed by atoms with Gasteiger partial charge in [0, 0.05) is 23.9 Å². The number of thioether (sulfide) groups is 1. The zero-order valence-electron chi connectivity index (χ0n) is 17.4. The molecule has 0 aliphatic carbocycles. The van der Waals surface area contributed by atoms with E-state index < -0.39 is 5.60 Å². The van der Waals surface area contributed by atoms with E-state index in [1.807, 2.05) is 31.7 Å². The molecular weight excluding hydrogens is 368 g/mol. The van der Waals surface area contributed by atoms with E-state index in [0.717, 1.165) is 28.5 Å². The number of hydrogen-bond donors (Lipinski definition) is 0. The van der Waals surface area contributed by atoms with Crippen LogP contribution in [0.3, 0.4) is 0 Å². The molecule has 4 nitrogen and oxygen atoms in total. The second-order valence-corrected chi connectivity index (χ2v) is 9.65. The van der Waals surface area contributed by atoms with Crippen LogP contribution < -0.4 is 0 Å². The monoisotopic (exact) mass is 398 g/mol. The van der Waals surface area contributed by atoms with Crippen LogP contribution >= 0.6 is 11.8 Å². The molecule has 5 heteroatoms. The van der Waals surface area contributed by atoms with Crippen molar-refractivity contribution in [3.05, 3.63) is 59.3 Å². The fourth-order valence-corrected chi connectivity index (χ4v) is 4.21. The molecule has 0 spiro atoms. The fourth-order valence-electron chi connectivity index (χ4n) is 3.37. The van der Waals surface area contributed by atoms with Crippen molar-refractivity contribution < 1.29 is 9.53 Å². The van der Waals surface area contributed by atoms with E-state index in [0.29, 0.717) is 12.5 Å². The van der Waals surface area contributed by atoms with Gasteiger partial charge in [0.15, 0.2) is 0 Å². The minimum Gasteiger partial charge on any atom is -0.444 e. The number of ether oxygens (including phenoxy) is 1. The van der Waals surface area contributed by atoms with Gasteiger partial charge in [-0.1, -0.05) is 50.2 Å². The highest BCUT2D eigenvalue weighted by molar-refractivity contribution is 7.98. The number of carbonyl (C=O) groups excluding carboxylic acids is 1. The molecule has 1 aliphatic heterocycles. The molecule has 1 aromatic heterocycles. The number of rotatable bonds is 4. The molecule has 0 bridgehead atoms. The van der Waals surface area contributed by atoms with Gasteiger partial charge in [0.05, 0.1) is 11.6 Å². The summed E-state index contributed by atoms with van der Waals surface area (Å²) in [7, 11) is 0. The maximum Gasteiger partial charge on any atom is 0.410 e. The third kappa shape index (κ3) is 5.28. The number of carbonyl (C=O) groups is 1. The van der Waals surface area contributed by atoms with Gasteiger partial charge in [-0.15, -0.1) is 11.8 Å². The van der Waals surface area contributed by atoms with Crippen molar-refractivity contribution >= 4 is 17.9 Å². The molecular formula is C23H30N2O2S. The number of nitrogens with zero attached hydrogens (tertiary/aromatic N) is 2. The topological polar surface area (TPSA) is 42.4 Å². The first-order valence-electron chi connectivity index (χ1n) is 9.88. The van der Waals surface area contributed by atoms with Crippen molar-refractivity contribution in [3.63, 3.8) is 0 Å². The maximum atomic E-state index is 12.7. The Kier molecular flexibility index (Phi) is 6.33. The van der Waals surface area contributed by atoms with Gasteiger partial charge in [0.2, 0.25) is 0 Å². The molecule has 0 saturated carbocycles. The van der Waals surface area contributed by atoms with Crippen molar-refractivity contribution in [2.45, 2.75) is 70.0 Å². The molecule has 28 heavy (non-hydrogen) atoms. The fraction of sp³-hybridized carbons (Fsp3) is 0.478. The van der Waals surface area contributed by atoms with Gasteiger partial charge in [-0.05, 0) is 43.9 Å². The van der Waals surface area contributed by atoms with Gasteiger partial charge in [0.25, 0.3) is 0 Å². The Balaban J connectivity index is 1.75. The van der Waals surface area contributed by atoms with E-state index >= 15 is 0 Å². The van der Waals surface area contributed by atoms with Gasteiger partial charge >= 0.3 is 6.09 Å². The molecule has 0 saturated heterocycles. The summed E-state index contributed by atoms with van der Waals surface area (Å²) in [6.45, 7) is 10.6. The van der Waals surface area contributed by atoms with Crippen LogP contribution in [0.1, 0.15) is 51.4 Å². The summed E-state index contributed by atoms with van der Waals surface area (Å²) in [5.41, 5.74) is 3.03. The molecule has 1 aliphatic rings. The number of benzene rings is 1. The number of amides is 1. The summed E-state index contributed by atoms with van der Waals surface area (Å²) in [6.07, 6.45) is 0.533. The second-order valence-electron chi connectivity index (χ2n) is 8.65. The Hall–Kier alpha value is -2.01. The standard InChI is InChI=1S/C23H30N2O2S/c1-16(2)20-13-19-18(14-25(20)22(26)27-23(3,4)5)11-12-21(24-19)28-15-17-9-7-6-8-10-17/h6-12,16,20H,13-15H2,1-5H3. The predicted octanol–water partition coefficient (Wildman–Crippen LogP) is 5.69. The van der Waals surface area contributed by atoms with Crippen LogP contribution in [0.5, 0.6) is 0 Å². The number of fused-ring (bicyclic) bond motifs is 1. The molecule has 2 heterocycles. The average Bonchev–Trinajstić information content (AvgIpc) is 2.64. The minimum atomic E-state index is -0.491. The van der Waals surface area contributed by atoms with Crippen LogP contribution in [0.2, 0.25) is 0 Å². The first-order chi connectivity index (χ1) is 13.2. The third-order valence-electron chi connectivity index (χ3n) is 4.81. The highest BCUT2D eigenvalue weighted by atomic mass is 32.2. The third-order valence-corrected chi connectivity index (χ3v) is 5.81. The molecule has 1 unspecified atom stereocenters. The smallest absolute Gasteiger partial charge is 0.410 e. The van der Waals surface area contributed by atoms with Gasteiger partial charge in [-0.3, -0.25) is 0 Å². The lowest BCUT2D eigenvalue weighted by Gasteiger charge is -2.39. The van der Waals surface area contributed by atoms with Crippen LogP contribution in [0, 0.1) is 5.92 Å². The van der Waals surface area contributed by atoms with Crippen LogP contribution in [0.15, 0.2) is 47.5 Å². The summed E-state index contributed by atoms with van der Waals surface area (Å²) >= 11 is 1.75. The second kappa shape index (κ2) is 8.56. The minimum absolute atomic E-state index is 0.101. The van der Waals surface area contributed by atoms with Gasteiger partial charge in [-0.2, -0.15) is 0 Å². The van der Waals surface area contributed by atoms with Crippen molar-refractivity contribution in [2.75, 3.05) is 0 Å². The quantitative estimate of drug-likeness (QED) is 0.620. The number of pyridine rings is 1. The normalized spacial score (nSPS) is 16.8. The summed E-state index contributed by atoms with van der Waals surface area (Å²) in [5.74, 6) is 1.24. The molecule has 0 N–H and O–H groups in total. The zero-order valence-corrected chi connectivity index (χ0v) is 18.3. The molecule has 3 rings (SSSR count). The average molecular weight is 399 g/mol. The van der Waals surface area contributed by atoms with E-state index in [9.17, 15) is 4.79 Å². The van der Waals surface area contributed by atoms with E-state index in [1.54, 1.807) is 11.8 Å². The summed E-state index contributed by atoms with van der Waals surface area (Å²) in [5, 5.41) is 1.04. The Morgan fingerprint density at radius 2 is 1.93 bits per heavy atom. The molecule has 0 radical (unpaired) electrons. The summed E-state index contributed by atoms with van der Waals surface area (Å²) in [4.78, 5) is 19.5. The first-order valence-corrected chi connectivity index (χ1v) is 10.9. The molecule has 1 atom stereocenters. The highest BCUT2D eigenvalue weighted by Gasteiger charge is 2.35. The Morgan fingerprint density at radius 1 is 1.21 bits per heavy atom. The molecule has 1 aromatic carbocycles. The van der Waals surface area contributed by atoms with Crippen molar-refractivity contribution in [2.24, 2.45) is 5.92 Å². The summed E-state index contributed by atoms with van der Waals surface area (Å²) in [6, 6.07) is 14.7. The predicted molar refractivity (Wildman–Crippen MR) is 114 cm³/mol. The highest BCUT2D eigenvalue weighted by Crippen LogP contribution is 2.30. The van der Waals surface area contributed by atoms with Gasteiger partial charge in [-0.25, -0.2) is 9.78 Å². The van der Waals surface area contributed by atoms with Gasteiger partial charge in [0.1, 0.15) is 5.60 Å². The van der Waals surface area contributed by atoms with Crippen LogP contribution in [0.4, 0.5) is 4.79 Å². The largest absolute Gasteiger partial charge is 0.444 e. The zero-order chi connectivity index (χ0) is 20.3. The van der Waals surface area contributed by atoms with Crippen molar-refractivity contribution in [1.29, 1.82) is 0 Å². The van der Waals surface area contributed by atoms with Crippen molar-refractivity contribution in [3.8, 4) is 0 Å². The Bertz CT molecular complexity index is 815. The van der Waals surface area contributed by atoms with Crippen LogP contribution in [-0.4, -0.2) is 27.6 Å². The van der Waals surface area contributed by atoms with E-state index in [-0.39, 0.29) is 12.1 Å². The Morgan fingerprint density at radius 3 is 2.57 bits per heavy atom. The lowest BCUT2D eigenvalue weighted by molar-refractivity contribution is 0.00613. The maximum absolute atomic E-state index is 12.7. The van der Waals surface area contributed by atoms with Crippen LogP contribution in [0.25, 0.3) is 0 Å². The lowest BCUT2D eigenvalue weighted by Crippen LogP contribution is -2.49. The van der Waals surface area contributed by atoms with E-state index in [1.165, 1.54) is 5.56 Å². The van der Waals surface area contributed by atoms with Crippen LogP contribution in [-0.2, 0) is 23.5 Å². The van der Waals surface area contributed by atoms with Crippen molar-refractivity contribution in [1.82, 2.24) is 9.88 Å². The SMILES string of the molecule is CC(C)C1Cc2nc(SCc3ccccc3)ccc2CN1C(=O)OC(C)(C)C. The number of aromatic nitrogens is 1. The van der Waals surface area contributed by atoms with E-state index in [4.69, 9.17) is 9.72 Å². The molecule has 150 valence electrons. The lowest BCUT2D eigenvalue weighted by atomic mass is 9.91. The van der Waals surface area contributed by atoms with Gasteiger partial charge < -0.3 is 9.64 Å².